The molecule has 2 amide bonds. The summed E-state index contributed by atoms with van der Waals surface area (Å²) in [7, 11) is 0. The zero-order valence-corrected chi connectivity index (χ0v) is 20.8. The van der Waals surface area contributed by atoms with Crippen molar-refractivity contribution >= 4 is 11.8 Å². The van der Waals surface area contributed by atoms with E-state index in [4.69, 9.17) is 4.74 Å². The van der Waals surface area contributed by atoms with E-state index in [0.717, 1.165) is 67.9 Å². The van der Waals surface area contributed by atoms with Gasteiger partial charge in [0.05, 0.1) is 24.3 Å². The lowest BCUT2D eigenvalue weighted by molar-refractivity contribution is -0.125. The van der Waals surface area contributed by atoms with Crippen LogP contribution in [0.15, 0.2) is 42.6 Å². The third-order valence-corrected chi connectivity index (χ3v) is 7.94. The fourth-order valence-corrected chi connectivity index (χ4v) is 5.97. The first-order valence-corrected chi connectivity index (χ1v) is 12.9. The summed E-state index contributed by atoms with van der Waals surface area (Å²) in [6, 6.07) is 11.8. The highest BCUT2D eigenvalue weighted by atomic mass is 16.5. The molecular formula is C28H36N4O3. The molecule has 4 heterocycles. The van der Waals surface area contributed by atoms with Gasteiger partial charge in [-0.1, -0.05) is 24.3 Å². The maximum absolute atomic E-state index is 13.2. The number of nitrogens with one attached hydrogen (secondary N) is 1. The fraction of sp³-hybridized carbons (Fsp3) is 0.536. The third-order valence-electron chi connectivity index (χ3n) is 7.94. The quantitative estimate of drug-likeness (QED) is 0.665. The highest BCUT2D eigenvalue weighted by molar-refractivity contribution is 5.97. The molecule has 0 bridgehead atoms. The molecular weight excluding hydrogens is 440 g/mol. The van der Waals surface area contributed by atoms with Crippen LogP contribution >= 0.6 is 0 Å². The largest absolute Gasteiger partial charge is 0.381 e. The van der Waals surface area contributed by atoms with Crippen molar-refractivity contribution in [3.8, 4) is 0 Å². The minimum absolute atomic E-state index is 0.0623. The van der Waals surface area contributed by atoms with E-state index >= 15 is 0 Å². The molecule has 1 aromatic carbocycles. The zero-order chi connectivity index (χ0) is 24.4. The SMILES string of the molecule is Cc1cccc(C)c1C(=O)N1CC2CN(CC[C@H](NC(=O)C3CCOC3)c3ccccn3)CC2C1. The van der Waals surface area contributed by atoms with Gasteiger partial charge in [-0.2, -0.15) is 0 Å². The Hall–Kier alpha value is -2.77. The number of pyridine rings is 1. The lowest BCUT2D eigenvalue weighted by Gasteiger charge is -2.25. The predicted octanol–water partition coefficient (Wildman–Crippen LogP) is 2.99. The second kappa shape index (κ2) is 10.5. The molecule has 3 fully saturated rings. The average Bonchev–Trinajstić information content (AvgIpc) is 3.59. The van der Waals surface area contributed by atoms with Gasteiger partial charge in [-0.05, 0) is 61.8 Å². The van der Waals surface area contributed by atoms with Gasteiger partial charge in [0.1, 0.15) is 0 Å². The summed E-state index contributed by atoms with van der Waals surface area (Å²) in [5.41, 5.74) is 3.89. The summed E-state index contributed by atoms with van der Waals surface area (Å²) in [4.78, 5) is 35.1. The lowest BCUT2D eigenvalue weighted by atomic mass is 10.0. The number of hydrogen-bond donors (Lipinski definition) is 1. The summed E-state index contributed by atoms with van der Waals surface area (Å²) in [5, 5.41) is 3.24. The zero-order valence-electron chi connectivity index (χ0n) is 20.8. The van der Waals surface area contributed by atoms with E-state index in [9.17, 15) is 9.59 Å². The van der Waals surface area contributed by atoms with E-state index in [1.165, 1.54) is 0 Å². The Kier molecular flexibility index (Phi) is 7.16. The van der Waals surface area contributed by atoms with E-state index in [2.05, 4.69) is 20.1 Å². The van der Waals surface area contributed by atoms with Crippen molar-refractivity contribution in [2.75, 3.05) is 45.9 Å². The van der Waals surface area contributed by atoms with E-state index < -0.39 is 0 Å². The van der Waals surface area contributed by atoms with Crippen molar-refractivity contribution < 1.29 is 14.3 Å². The molecule has 1 aromatic heterocycles. The number of amides is 2. The van der Waals surface area contributed by atoms with Crippen molar-refractivity contribution in [1.82, 2.24) is 20.1 Å². The van der Waals surface area contributed by atoms with Gasteiger partial charge in [-0.3, -0.25) is 14.6 Å². The summed E-state index contributed by atoms with van der Waals surface area (Å²) in [6.07, 6.45) is 3.39. The van der Waals surface area contributed by atoms with Gasteiger partial charge in [-0.25, -0.2) is 0 Å². The molecule has 3 unspecified atom stereocenters. The van der Waals surface area contributed by atoms with Gasteiger partial charge in [0, 0.05) is 51.1 Å². The summed E-state index contributed by atoms with van der Waals surface area (Å²) in [5.74, 6) is 1.21. The molecule has 3 aliphatic heterocycles. The maximum atomic E-state index is 13.2. The van der Waals surface area contributed by atoms with Gasteiger partial charge in [0.2, 0.25) is 5.91 Å². The summed E-state index contributed by atoms with van der Waals surface area (Å²) >= 11 is 0. The normalized spacial score (nSPS) is 25.0. The predicted molar refractivity (Wildman–Crippen MR) is 134 cm³/mol. The number of carbonyl (C=O) groups is 2. The molecule has 186 valence electrons. The first kappa shape index (κ1) is 23.9. The van der Waals surface area contributed by atoms with Crippen molar-refractivity contribution in [2.24, 2.45) is 17.8 Å². The number of hydrogen-bond acceptors (Lipinski definition) is 5. The van der Waals surface area contributed by atoms with E-state index in [1.807, 2.05) is 50.2 Å². The Bertz CT molecular complexity index is 1020. The van der Waals surface area contributed by atoms with Crippen molar-refractivity contribution in [2.45, 2.75) is 32.7 Å². The van der Waals surface area contributed by atoms with Crippen LogP contribution in [-0.4, -0.2) is 72.5 Å². The van der Waals surface area contributed by atoms with Crippen LogP contribution in [0, 0.1) is 31.6 Å². The van der Waals surface area contributed by atoms with Crippen LogP contribution in [0.3, 0.4) is 0 Å². The van der Waals surface area contributed by atoms with E-state index in [1.54, 1.807) is 6.20 Å². The number of rotatable bonds is 7. The van der Waals surface area contributed by atoms with Crippen LogP contribution in [0.2, 0.25) is 0 Å². The third kappa shape index (κ3) is 5.26. The van der Waals surface area contributed by atoms with Gasteiger partial charge < -0.3 is 19.9 Å². The Morgan fingerprint density at radius 1 is 1.06 bits per heavy atom. The van der Waals surface area contributed by atoms with Crippen LogP contribution in [0.1, 0.15) is 46.1 Å². The Labute approximate surface area is 207 Å². The molecule has 0 spiro atoms. The van der Waals surface area contributed by atoms with E-state index in [-0.39, 0.29) is 23.8 Å². The number of nitrogens with zero attached hydrogens (tertiary/aromatic N) is 3. The number of ether oxygens (including phenoxy) is 1. The molecule has 0 radical (unpaired) electrons. The minimum atomic E-state index is -0.105. The van der Waals surface area contributed by atoms with Crippen LogP contribution in [0.4, 0.5) is 0 Å². The van der Waals surface area contributed by atoms with E-state index in [0.29, 0.717) is 25.0 Å². The molecule has 4 atom stereocenters. The second-order valence-corrected chi connectivity index (χ2v) is 10.4. The lowest BCUT2D eigenvalue weighted by Crippen LogP contribution is -2.37. The first-order chi connectivity index (χ1) is 17.0. The second-order valence-electron chi connectivity index (χ2n) is 10.4. The smallest absolute Gasteiger partial charge is 0.254 e. The first-order valence-electron chi connectivity index (χ1n) is 12.9. The van der Waals surface area contributed by atoms with Crippen molar-refractivity contribution in [3.63, 3.8) is 0 Å². The number of carbonyl (C=O) groups excluding carboxylic acids is 2. The Morgan fingerprint density at radius 2 is 1.80 bits per heavy atom. The van der Waals surface area contributed by atoms with Crippen LogP contribution in [0.25, 0.3) is 0 Å². The minimum Gasteiger partial charge on any atom is -0.381 e. The number of fused-ring (bicyclic) bond motifs is 1. The van der Waals surface area contributed by atoms with Gasteiger partial charge in [-0.15, -0.1) is 0 Å². The topological polar surface area (TPSA) is 74.8 Å². The molecule has 7 heteroatoms. The molecule has 3 saturated heterocycles. The molecule has 0 aliphatic carbocycles. The summed E-state index contributed by atoms with van der Waals surface area (Å²) < 4.78 is 5.40. The molecule has 35 heavy (non-hydrogen) atoms. The molecule has 7 nitrogen and oxygen atoms in total. The number of aryl methyl sites for hydroxylation is 2. The molecule has 2 aromatic rings. The molecule has 1 N–H and O–H groups in total. The number of benzene rings is 1. The number of aromatic nitrogens is 1. The van der Waals surface area contributed by atoms with Crippen LogP contribution < -0.4 is 5.32 Å². The molecule has 3 aliphatic rings. The van der Waals surface area contributed by atoms with Gasteiger partial charge in [0.25, 0.3) is 5.91 Å². The van der Waals surface area contributed by atoms with Crippen molar-refractivity contribution in [3.05, 3.63) is 65.0 Å². The van der Waals surface area contributed by atoms with Crippen LogP contribution in [0.5, 0.6) is 0 Å². The standard InChI is InChI=1S/C28H36N4O3/c1-19-6-5-7-20(2)26(19)28(34)32-16-22-14-31(15-23(22)17-32)12-9-25(24-8-3-4-11-29-24)30-27(33)21-10-13-35-18-21/h3-8,11,21-23,25H,9-10,12-18H2,1-2H3,(H,30,33)/t21?,22?,23?,25-/m0/s1. The summed E-state index contributed by atoms with van der Waals surface area (Å²) in [6.45, 7) is 9.78. The highest BCUT2D eigenvalue weighted by Crippen LogP contribution is 2.33. The maximum Gasteiger partial charge on any atom is 0.254 e. The number of likely N-dealkylation sites (tertiary alicyclic amines) is 2. The highest BCUT2D eigenvalue weighted by Gasteiger charge is 2.42. The van der Waals surface area contributed by atoms with Gasteiger partial charge in [0.15, 0.2) is 0 Å². The Balaban J connectivity index is 1.17. The molecule has 5 rings (SSSR count). The Morgan fingerprint density at radius 3 is 2.43 bits per heavy atom. The molecule has 0 saturated carbocycles. The van der Waals surface area contributed by atoms with Crippen LogP contribution in [-0.2, 0) is 9.53 Å². The van der Waals surface area contributed by atoms with Crippen molar-refractivity contribution in [1.29, 1.82) is 0 Å². The van der Waals surface area contributed by atoms with Gasteiger partial charge >= 0.3 is 0 Å². The fourth-order valence-electron chi connectivity index (χ4n) is 5.97. The average molecular weight is 477 g/mol. The monoisotopic (exact) mass is 476 g/mol.